The van der Waals surface area contributed by atoms with Crippen LogP contribution in [0.5, 0.6) is 0 Å². The molecule has 1 aromatic heterocycles. The van der Waals surface area contributed by atoms with Crippen molar-refractivity contribution in [2.24, 2.45) is 0 Å². The van der Waals surface area contributed by atoms with E-state index < -0.39 is 17.3 Å². The van der Waals surface area contributed by atoms with Crippen molar-refractivity contribution in [3.8, 4) is 11.8 Å². The average Bonchev–Trinajstić information content (AvgIpc) is 2.34. The molecule has 6 heteroatoms. The van der Waals surface area contributed by atoms with Crippen molar-refractivity contribution in [3.63, 3.8) is 0 Å². The number of hydrogen-bond acceptors (Lipinski definition) is 4. The maximum absolute atomic E-state index is 13.2. The maximum atomic E-state index is 13.2. The largest absolute Gasteiger partial charge is 0.381 e. The molecule has 2 N–H and O–H groups in total. The molecule has 0 unspecified atom stereocenters. The average molecular weight is 230 g/mol. The van der Waals surface area contributed by atoms with Crippen LogP contribution < -0.4 is 11.4 Å². The van der Waals surface area contributed by atoms with Crippen molar-refractivity contribution in [1.29, 1.82) is 5.26 Å². The topological polar surface area (TPSA) is 84.7 Å². The smallest absolute Gasteiger partial charge is 0.354 e. The SMILES string of the molecule is N#Cc1cccc(-n2cc(F)c(N)nc2=O)c1. The monoisotopic (exact) mass is 230 g/mol. The normalized spacial score (nSPS) is 9.88. The highest BCUT2D eigenvalue weighted by Gasteiger charge is 2.07. The van der Waals surface area contributed by atoms with Crippen LogP contribution in [-0.4, -0.2) is 9.55 Å². The number of hydrogen-bond donors (Lipinski definition) is 1. The van der Waals surface area contributed by atoms with Crippen LogP contribution >= 0.6 is 0 Å². The van der Waals surface area contributed by atoms with Gasteiger partial charge in [-0.25, -0.2) is 9.18 Å². The van der Waals surface area contributed by atoms with Gasteiger partial charge in [-0.3, -0.25) is 4.57 Å². The first-order chi connectivity index (χ1) is 8.11. The highest BCUT2D eigenvalue weighted by atomic mass is 19.1. The van der Waals surface area contributed by atoms with E-state index in [0.29, 0.717) is 11.3 Å². The number of nitrogens with zero attached hydrogens (tertiary/aromatic N) is 3. The number of benzene rings is 1. The fourth-order valence-corrected chi connectivity index (χ4v) is 1.36. The lowest BCUT2D eigenvalue weighted by molar-refractivity contribution is 0.607. The Morgan fingerprint density at radius 1 is 1.47 bits per heavy atom. The van der Waals surface area contributed by atoms with Gasteiger partial charge in [-0.05, 0) is 18.2 Å². The number of rotatable bonds is 1. The van der Waals surface area contributed by atoms with Crippen molar-refractivity contribution in [3.05, 3.63) is 52.3 Å². The molecule has 0 aliphatic heterocycles. The fourth-order valence-electron chi connectivity index (χ4n) is 1.36. The van der Waals surface area contributed by atoms with Gasteiger partial charge in [0.2, 0.25) is 0 Å². The van der Waals surface area contributed by atoms with Crippen molar-refractivity contribution < 1.29 is 4.39 Å². The Bertz CT molecular complexity index is 672. The number of nitrogen functional groups attached to an aromatic ring is 1. The molecular formula is C11H7FN4O. The molecular weight excluding hydrogens is 223 g/mol. The number of halogens is 1. The van der Waals surface area contributed by atoms with Crippen molar-refractivity contribution in [2.75, 3.05) is 5.73 Å². The van der Waals surface area contributed by atoms with Crippen molar-refractivity contribution in [1.82, 2.24) is 9.55 Å². The first-order valence-electron chi connectivity index (χ1n) is 4.67. The number of nitriles is 1. The van der Waals surface area contributed by atoms with Gasteiger partial charge in [0.05, 0.1) is 23.5 Å². The zero-order valence-corrected chi connectivity index (χ0v) is 8.59. The second kappa shape index (κ2) is 4.06. The first-order valence-corrected chi connectivity index (χ1v) is 4.67. The first kappa shape index (κ1) is 10.8. The molecule has 0 saturated carbocycles. The summed E-state index contributed by atoms with van der Waals surface area (Å²) in [5.74, 6) is -1.23. The van der Waals surface area contributed by atoms with Crippen LogP contribution in [0, 0.1) is 17.1 Å². The Hall–Kier alpha value is -2.68. The lowest BCUT2D eigenvalue weighted by Crippen LogP contribution is -2.23. The molecule has 0 bridgehead atoms. The summed E-state index contributed by atoms with van der Waals surface area (Å²) in [5.41, 5.74) is 5.21. The van der Waals surface area contributed by atoms with Crippen molar-refractivity contribution in [2.45, 2.75) is 0 Å². The highest BCUT2D eigenvalue weighted by molar-refractivity contribution is 5.42. The molecule has 0 atom stereocenters. The van der Waals surface area contributed by atoms with E-state index in [1.165, 1.54) is 6.07 Å². The molecule has 0 radical (unpaired) electrons. The van der Waals surface area contributed by atoms with E-state index in [0.717, 1.165) is 10.8 Å². The summed E-state index contributed by atoms with van der Waals surface area (Å²) < 4.78 is 14.2. The molecule has 2 rings (SSSR count). The fraction of sp³-hybridized carbons (Fsp3) is 0. The van der Waals surface area contributed by atoms with Crippen LogP contribution in [0.3, 0.4) is 0 Å². The zero-order chi connectivity index (χ0) is 12.4. The summed E-state index contributed by atoms with van der Waals surface area (Å²) in [4.78, 5) is 14.8. The van der Waals surface area contributed by atoms with Crippen LogP contribution in [0.1, 0.15) is 5.56 Å². The number of nitrogens with two attached hydrogens (primary N) is 1. The van der Waals surface area contributed by atoms with Gasteiger partial charge in [-0.2, -0.15) is 10.2 Å². The molecule has 1 aromatic carbocycles. The molecule has 1 heterocycles. The third-order valence-electron chi connectivity index (χ3n) is 2.16. The molecule has 0 fully saturated rings. The Morgan fingerprint density at radius 3 is 2.94 bits per heavy atom. The second-order valence-electron chi connectivity index (χ2n) is 3.29. The van der Waals surface area contributed by atoms with E-state index >= 15 is 0 Å². The van der Waals surface area contributed by atoms with E-state index in [2.05, 4.69) is 4.98 Å². The maximum Gasteiger partial charge on any atom is 0.354 e. The van der Waals surface area contributed by atoms with Crippen molar-refractivity contribution >= 4 is 5.82 Å². The van der Waals surface area contributed by atoms with E-state index in [1.54, 1.807) is 18.2 Å². The number of anilines is 1. The van der Waals surface area contributed by atoms with Crippen LogP contribution in [0.2, 0.25) is 0 Å². The van der Waals surface area contributed by atoms with Crippen LogP contribution in [0.25, 0.3) is 5.69 Å². The summed E-state index contributed by atoms with van der Waals surface area (Å²) in [7, 11) is 0. The molecule has 2 aromatic rings. The van der Waals surface area contributed by atoms with Gasteiger partial charge in [0.1, 0.15) is 0 Å². The predicted octanol–water partition coefficient (Wildman–Crippen LogP) is 0.825. The van der Waals surface area contributed by atoms with Gasteiger partial charge in [-0.15, -0.1) is 0 Å². The lowest BCUT2D eigenvalue weighted by atomic mass is 10.2. The van der Waals surface area contributed by atoms with Gasteiger partial charge < -0.3 is 5.73 Å². The minimum Gasteiger partial charge on any atom is -0.381 e. The van der Waals surface area contributed by atoms with Gasteiger partial charge in [0.15, 0.2) is 11.6 Å². The molecule has 0 spiro atoms. The summed E-state index contributed by atoms with van der Waals surface area (Å²) in [6.07, 6.45) is 0.946. The summed E-state index contributed by atoms with van der Waals surface area (Å²) in [6, 6.07) is 8.13. The number of aromatic nitrogens is 2. The minimum atomic E-state index is -0.785. The third-order valence-corrected chi connectivity index (χ3v) is 2.16. The molecule has 0 aliphatic rings. The van der Waals surface area contributed by atoms with Gasteiger partial charge in [-0.1, -0.05) is 6.07 Å². The van der Waals surface area contributed by atoms with Crippen LogP contribution in [-0.2, 0) is 0 Å². The minimum absolute atomic E-state index is 0.362. The molecule has 5 nitrogen and oxygen atoms in total. The van der Waals surface area contributed by atoms with Crippen LogP contribution in [0.15, 0.2) is 35.3 Å². The van der Waals surface area contributed by atoms with Gasteiger partial charge in [0.25, 0.3) is 0 Å². The molecule has 0 amide bonds. The van der Waals surface area contributed by atoms with E-state index in [4.69, 9.17) is 11.0 Å². The van der Waals surface area contributed by atoms with E-state index in [9.17, 15) is 9.18 Å². The zero-order valence-electron chi connectivity index (χ0n) is 8.59. The van der Waals surface area contributed by atoms with E-state index in [-0.39, 0.29) is 0 Å². The Morgan fingerprint density at radius 2 is 2.24 bits per heavy atom. The highest BCUT2D eigenvalue weighted by Crippen LogP contribution is 2.10. The van der Waals surface area contributed by atoms with Gasteiger partial charge in [0, 0.05) is 0 Å². The summed E-state index contributed by atoms with van der Waals surface area (Å²) in [5, 5.41) is 8.73. The summed E-state index contributed by atoms with van der Waals surface area (Å²) >= 11 is 0. The molecule has 84 valence electrons. The third kappa shape index (κ3) is 1.99. The molecule has 0 saturated heterocycles. The Balaban J connectivity index is 2.65. The Kier molecular flexibility index (Phi) is 2.58. The quantitative estimate of drug-likeness (QED) is 0.786. The van der Waals surface area contributed by atoms with E-state index in [1.807, 2.05) is 6.07 Å². The Labute approximate surface area is 95.6 Å². The second-order valence-corrected chi connectivity index (χ2v) is 3.29. The lowest BCUT2D eigenvalue weighted by Gasteiger charge is -2.05. The summed E-state index contributed by atoms with van der Waals surface area (Å²) in [6.45, 7) is 0. The van der Waals surface area contributed by atoms with Crippen LogP contribution in [0.4, 0.5) is 10.2 Å². The predicted molar refractivity (Wildman–Crippen MR) is 58.9 cm³/mol. The molecule has 17 heavy (non-hydrogen) atoms. The van der Waals surface area contributed by atoms with Gasteiger partial charge >= 0.3 is 5.69 Å². The molecule has 0 aliphatic carbocycles. The standard InChI is InChI=1S/C11H7FN4O/c12-9-6-16(11(17)15-10(9)14)8-3-1-2-7(4-8)5-13/h1-4,6H,(H2,14,15,17).